The van der Waals surface area contributed by atoms with Crippen LogP contribution in [0.25, 0.3) is 6.08 Å². The summed E-state index contributed by atoms with van der Waals surface area (Å²) < 4.78 is 0. The molecule has 0 atom stereocenters. The fourth-order valence-electron chi connectivity index (χ4n) is 0.938. The van der Waals surface area contributed by atoms with Gasteiger partial charge in [0.25, 0.3) is 0 Å². The summed E-state index contributed by atoms with van der Waals surface area (Å²) in [4.78, 5) is 0. The van der Waals surface area contributed by atoms with Crippen molar-refractivity contribution < 1.29 is 0 Å². The normalized spacial score (nSPS) is 8.36. The molecular formula is C14H20. The standard InChI is InChI=1S/C8H8.C6H12/c1-2-8-6-4-3-5-7-8;1-3-5-6-4-2/h2-7H,1H2;3H,1,4-6H2,2H3. The van der Waals surface area contributed by atoms with Gasteiger partial charge in [-0.25, -0.2) is 0 Å². The Morgan fingerprint density at radius 2 is 1.79 bits per heavy atom. The van der Waals surface area contributed by atoms with Crippen LogP contribution in [0.2, 0.25) is 0 Å². The Bertz CT molecular complexity index is 233. The SMILES string of the molecule is C=CCCCC.C=Cc1ccccc1. The molecule has 76 valence electrons. The summed E-state index contributed by atoms with van der Waals surface area (Å²) in [7, 11) is 0. The number of hydrogen-bond donors (Lipinski definition) is 0. The maximum absolute atomic E-state index is 3.63. The van der Waals surface area contributed by atoms with Gasteiger partial charge in [-0.3, -0.25) is 0 Å². The molecule has 0 aliphatic carbocycles. The largest absolute Gasteiger partial charge is 0.103 e. The molecule has 0 aliphatic heterocycles. The van der Waals surface area contributed by atoms with E-state index in [1.165, 1.54) is 24.8 Å². The first-order valence-corrected chi connectivity index (χ1v) is 5.13. The first-order chi connectivity index (χ1) is 6.85. The molecule has 0 spiro atoms. The van der Waals surface area contributed by atoms with E-state index in [9.17, 15) is 0 Å². The second kappa shape index (κ2) is 9.79. The number of benzene rings is 1. The smallest absolute Gasteiger partial charge is 0.0263 e. The summed E-state index contributed by atoms with van der Waals surface area (Å²) in [5.41, 5.74) is 1.17. The van der Waals surface area contributed by atoms with Crippen molar-refractivity contribution in [1.82, 2.24) is 0 Å². The predicted molar refractivity (Wildman–Crippen MR) is 66.3 cm³/mol. The van der Waals surface area contributed by atoms with E-state index in [1.807, 2.05) is 42.5 Å². The molecule has 0 bridgehead atoms. The van der Waals surface area contributed by atoms with Crippen LogP contribution in [-0.4, -0.2) is 0 Å². The lowest BCUT2D eigenvalue weighted by atomic mass is 10.2. The lowest BCUT2D eigenvalue weighted by Gasteiger charge is -1.85. The highest BCUT2D eigenvalue weighted by Gasteiger charge is 1.75. The quantitative estimate of drug-likeness (QED) is 0.475. The molecular weight excluding hydrogens is 168 g/mol. The monoisotopic (exact) mass is 188 g/mol. The minimum atomic E-state index is 1.17. The average Bonchev–Trinajstić information content (AvgIpc) is 2.28. The van der Waals surface area contributed by atoms with Gasteiger partial charge < -0.3 is 0 Å². The van der Waals surface area contributed by atoms with Crippen LogP contribution < -0.4 is 0 Å². The van der Waals surface area contributed by atoms with Gasteiger partial charge in [-0.2, -0.15) is 0 Å². The summed E-state index contributed by atoms with van der Waals surface area (Å²) in [6.45, 7) is 9.41. The predicted octanol–water partition coefficient (Wildman–Crippen LogP) is 4.69. The molecule has 0 saturated carbocycles. The van der Waals surface area contributed by atoms with Gasteiger partial charge in [0, 0.05) is 0 Å². The number of hydrogen-bond acceptors (Lipinski definition) is 0. The van der Waals surface area contributed by atoms with E-state index in [0.29, 0.717) is 0 Å². The van der Waals surface area contributed by atoms with Crippen molar-refractivity contribution in [2.24, 2.45) is 0 Å². The minimum absolute atomic E-state index is 1.17. The average molecular weight is 188 g/mol. The molecule has 0 radical (unpaired) electrons. The Morgan fingerprint density at radius 3 is 2.07 bits per heavy atom. The fourth-order valence-corrected chi connectivity index (χ4v) is 0.938. The van der Waals surface area contributed by atoms with E-state index in [0.717, 1.165) is 0 Å². The number of unbranched alkanes of at least 4 members (excludes halogenated alkanes) is 2. The van der Waals surface area contributed by atoms with Crippen LogP contribution in [0.5, 0.6) is 0 Å². The van der Waals surface area contributed by atoms with Crippen molar-refractivity contribution in [1.29, 1.82) is 0 Å². The molecule has 0 fully saturated rings. The first-order valence-electron chi connectivity index (χ1n) is 5.13. The third kappa shape index (κ3) is 7.35. The molecule has 0 nitrogen and oxygen atoms in total. The molecule has 1 rings (SSSR count). The van der Waals surface area contributed by atoms with Crippen LogP contribution in [0.4, 0.5) is 0 Å². The molecule has 1 aromatic rings. The van der Waals surface area contributed by atoms with E-state index in [4.69, 9.17) is 0 Å². The lowest BCUT2D eigenvalue weighted by Crippen LogP contribution is -1.63. The van der Waals surface area contributed by atoms with Gasteiger partial charge in [0.1, 0.15) is 0 Å². The summed E-state index contributed by atoms with van der Waals surface area (Å²) in [6.07, 6.45) is 7.55. The molecule has 0 heteroatoms. The topological polar surface area (TPSA) is 0 Å². The number of allylic oxidation sites excluding steroid dienone is 1. The second-order valence-corrected chi connectivity index (χ2v) is 3.05. The zero-order chi connectivity index (χ0) is 10.6. The first kappa shape index (κ1) is 12.7. The Hall–Kier alpha value is -1.30. The molecule has 0 unspecified atom stereocenters. The van der Waals surface area contributed by atoms with Crippen LogP contribution in [0.15, 0.2) is 49.6 Å². The van der Waals surface area contributed by atoms with Crippen LogP contribution in [0.3, 0.4) is 0 Å². The Balaban J connectivity index is 0.000000255. The summed E-state index contributed by atoms with van der Waals surface area (Å²) in [5, 5.41) is 0. The highest BCUT2D eigenvalue weighted by Crippen LogP contribution is 1.97. The molecule has 0 heterocycles. The summed E-state index contributed by atoms with van der Waals surface area (Å²) in [5.74, 6) is 0. The molecule has 0 saturated heterocycles. The van der Waals surface area contributed by atoms with Gasteiger partial charge in [0.2, 0.25) is 0 Å². The van der Waals surface area contributed by atoms with Gasteiger partial charge in [-0.15, -0.1) is 6.58 Å². The maximum atomic E-state index is 3.63. The third-order valence-corrected chi connectivity index (χ3v) is 1.80. The van der Waals surface area contributed by atoms with Gasteiger partial charge in [0.05, 0.1) is 0 Å². The van der Waals surface area contributed by atoms with Gasteiger partial charge in [-0.05, 0) is 12.0 Å². The molecule has 14 heavy (non-hydrogen) atoms. The Kier molecular flexibility index (Phi) is 8.88. The highest BCUT2D eigenvalue weighted by molar-refractivity contribution is 5.45. The van der Waals surface area contributed by atoms with E-state index >= 15 is 0 Å². The molecule has 0 N–H and O–H groups in total. The molecule has 0 aromatic heterocycles. The van der Waals surface area contributed by atoms with Gasteiger partial charge >= 0.3 is 0 Å². The molecule has 0 amide bonds. The second-order valence-electron chi connectivity index (χ2n) is 3.05. The zero-order valence-electron chi connectivity index (χ0n) is 9.08. The third-order valence-electron chi connectivity index (χ3n) is 1.80. The van der Waals surface area contributed by atoms with Crippen molar-refractivity contribution in [2.45, 2.75) is 26.2 Å². The number of rotatable bonds is 4. The van der Waals surface area contributed by atoms with Crippen LogP contribution >= 0.6 is 0 Å². The van der Waals surface area contributed by atoms with Crippen LogP contribution in [0.1, 0.15) is 31.7 Å². The van der Waals surface area contributed by atoms with E-state index in [1.54, 1.807) is 0 Å². The van der Waals surface area contributed by atoms with Crippen LogP contribution in [-0.2, 0) is 0 Å². The maximum Gasteiger partial charge on any atom is -0.0263 e. The minimum Gasteiger partial charge on any atom is -0.103 e. The van der Waals surface area contributed by atoms with Crippen molar-refractivity contribution in [2.75, 3.05) is 0 Å². The Labute approximate surface area is 88.0 Å². The zero-order valence-corrected chi connectivity index (χ0v) is 9.08. The summed E-state index contributed by atoms with van der Waals surface area (Å²) in [6, 6.07) is 10.0. The molecule has 1 aromatic carbocycles. The van der Waals surface area contributed by atoms with Crippen molar-refractivity contribution in [3.05, 3.63) is 55.1 Å². The van der Waals surface area contributed by atoms with E-state index in [-0.39, 0.29) is 0 Å². The van der Waals surface area contributed by atoms with Crippen molar-refractivity contribution in [3.8, 4) is 0 Å². The van der Waals surface area contributed by atoms with Crippen molar-refractivity contribution in [3.63, 3.8) is 0 Å². The van der Waals surface area contributed by atoms with Gasteiger partial charge in [0.15, 0.2) is 0 Å². The molecule has 0 aliphatic rings. The van der Waals surface area contributed by atoms with E-state index in [2.05, 4.69) is 20.1 Å². The highest BCUT2D eigenvalue weighted by atomic mass is 13.8. The lowest BCUT2D eigenvalue weighted by molar-refractivity contribution is 0.816. The van der Waals surface area contributed by atoms with Crippen molar-refractivity contribution >= 4 is 6.08 Å². The fraction of sp³-hybridized carbons (Fsp3) is 0.286. The van der Waals surface area contributed by atoms with Gasteiger partial charge in [-0.1, -0.05) is 68.8 Å². The Morgan fingerprint density at radius 1 is 1.14 bits per heavy atom. The summed E-state index contributed by atoms with van der Waals surface area (Å²) >= 11 is 0. The van der Waals surface area contributed by atoms with Crippen LogP contribution in [0, 0.1) is 0 Å². The van der Waals surface area contributed by atoms with E-state index < -0.39 is 0 Å².